The standard InChI is InChI=1S/C12H15N3O3/c16-11-5-8-1-2-9(6-11)14(8)10-3-4-12(13-7-10)15(17)18/h3-4,7-9,11,16H,1-2,5-6H2. The van der Waals surface area contributed by atoms with E-state index in [1.54, 1.807) is 12.3 Å². The summed E-state index contributed by atoms with van der Waals surface area (Å²) in [6.45, 7) is 0. The molecular weight excluding hydrogens is 234 g/mol. The fraction of sp³-hybridized carbons (Fsp3) is 0.583. The Morgan fingerprint density at radius 1 is 1.33 bits per heavy atom. The van der Waals surface area contributed by atoms with E-state index in [0.29, 0.717) is 12.1 Å². The molecule has 1 aromatic heterocycles. The minimum absolute atomic E-state index is 0.122. The topological polar surface area (TPSA) is 79.5 Å². The Kier molecular flexibility index (Phi) is 2.66. The third-order valence-corrected chi connectivity index (χ3v) is 3.93. The highest BCUT2D eigenvalue weighted by atomic mass is 16.6. The lowest BCUT2D eigenvalue weighted by Gasteiger charge is -2.38. The quantitative estimate of drug-likeness (QED) is 0.634. The van der Waals surface area contributed by atoms with Crippen molar-refractivity contribution in [1.82, 2.24) is 4.98 Å². The zero-order chi connectivity index (χ0) is 12.7. The number of nitrogens with zero attached hydrogens (tertiary/aromatic N) is 3. The Labute approximate surface area is 104 Å². The van der Waals surface area contributed by atoms with Crippen molar-refractivity contribution in [3.63, 3.8) is 0 Å². The first-order valence-electron chi connectivity index (χ1n) is 6.22. The molecule has 18 heavy (non-hydrogen) atoms. The molecule has 0 aromatic carbocycles. The molecule has 1 N–H and O–H groups in total. The van der Waals surface area contributed by atoms with E-state index < -0.39 is 4.92 Å². The SMILES string of the molecule is O=[N+]([O-])c1ccc(N2C3CCC2CC(O)C3)cn1. The van der Waals surface area contributed by atoms with Crippen LogP contribution in [0.25, 0.3) is 0 Å². The number of piperidine rings is 1. The fourth-order valence-electron chi connectivity index (χ4n) is 3.21. The van der Waals surface area contributed by atoms with Gasteiger partial charge in [-0.3, -0.25) is 0 Å². The highest BCUT2D eigenvalue weighted by Crippen LogP contribution is 2.39. The minimum Gasteiger partial charge on any atom is -0.393 e. The van der Waals surface area contributed by atoms with E-state index in [1.165, 1.54) is 6.07 Å². The first kappa shape index (κ1) is 11.4. The molecule has 2 saturated heterocycles. The van der Waals surface area contributed by atoms with Crippen LogP contribution in [-0.2, 0) is 0 Å². The van der Waals surface area contributed by atoms with Crippen molar-refractivity contribution in [2.24, 2.45) is 0 Å². The van der Waals surface area contributed by atoms with Gasteiger partial charge in [-0.05, 0) is 41.7 Å². The zero-order valence-electron chi connectivity index (χ0n) is 9.90. The molecule has 2 unspecified atom stereocenters. The van der Waals surface area contributed by atoms with Crippen LogP contribution in [0.3, 0.4) is 0 Å². The Hall–Kier alpha value is -1.69. The number of fused-ring (bicyclic) bond motifs is 2. The molecule has 0 aliphatic carbocycles. The van der Waals surface area contributed by atoms with Gasteiger partial charge in [0.2, 0.25) is 0 Å². The van der Waals surface area contributed by atoms with Gasteiger partial charge in [0.05, 0.1) is 11.8 Å². The number of rotatable bonds is 2. The monoisotopic (exact) mass is 249 g/mol. The summed E-state index contributed by atoms with van der Waals surface area (Å²) in [4.78, 5) is 16.2. The second-order valence-electron chi connectivity index (χ2n) is 5.05. The van der Waals surface area contributed by atoms with Crippen molar-refractivity contribution >= 4 is 11.5 Å². The molecule has 3 rings (SSSR count). The first-order chi connectivity index (χ1) is 8.65. The number of pyridine rings is 1. The number of hydrogen-bond donors (Lipinski definition) is 1. The van der Waals surface area contributed by atoms with E-state index in [-0.39, 0.29) is 11.9 Å². The van der Waals surface area contributed by atoms with E-state index in [0.717, 1.165) is 31.4 Å². The average molecular weight is 249 g/mol. The van der Waals surface area contributed by atoms with Crippen molar-refractivity contribution in [3.05, 3.63) is 28.4 Å². The summed E-state index contributed by atoms with van der Waals surface area (Å²) < 4.78 is 0. The Morgan fingerprint density at radius 3 is 2.50 bits per heavy atom. The van der Waals surface area contributed by atoms with E-state index >= 15 is 0 Å². The van der Waals surface area contributed by atoms with Crippen LogP contribution in [0.1, 0.15) is 25.7 Å². The summed E-state index contributed by atoms with van der Waals surface area (Å²) in [5, 5.41) is 20.3. The molecule has 2 aliphatic heterocycles. The summed E-state index contributed by atoms with van der Waals surface area (Å²) in [7, 11) is 0. The van der Waals surface area contributed by atoms with Gasteiger partial charge < -0.3 is 20.1 Å². The third-order valence-electron chi connectivity index (χ3n) is 3.93. The molecule has 0 spiro atoms. The third kappa shape index (κ3) is 1.82. The molecule has 0 amide bonds. The Morgan fingerprint density at radius 2 is 2.00 bits per heavy atom. The Balaban J connectivity index is 1.85. The summed E-state index contributed by atoms with van der Waals surface area (Å²) in [5.41, 5.74) is 0.931. The van der Waals surface area contributed by atoms with Crippen LogP contribution in [0.2, 0.25) is 0 Å². The molecule has 0 radical (unpaired) electrons. The molecule has 6 nitrogen and oxygen atoms in total. The van der Waals surface area contributed by atoms with Gasteiger partial charge in [0.1, 0.15) is 0 Å². The molecule has 96 valence electrons. The van der Waals surface area contributed by atoms with Crippen molar-refractivity contribution in [2.75, 3.05) is 4.90 Å². The van der Waals surface area contributed by atoms with Crippen LogP contribution in [0.4, 0.5) is 11.5 Å². The van der Waals surface area contributed by atoms with Gasteiger partial charge in [0.25, 0.3) is 0 Å². The molecule has 3 heterocycles. The minimum atomic E-state index is -0.488. The van der Waals surface area contributed by atoms with Crippen LogP contribution in [0.15, 0.2) is 18.3 Å². The van der Waals surface area contributed by atoms with E-state index in [9.17, 15) is 15.2 Å². The van der Waals surface area contributed by atoms with E-state index in [4.69, 9.17) is 0 Å². The van der Waals surface area contributed by atoms with Gasteiger partial charge in [-0.15, -0.1) is 0 Å². The summed E-state index contributed by atoms with van der Waals surface area (Å²) in [6.07, 6.45) is 5.10. The van der Waals surface area contributed by atoms with Crippen LogP contribution in [0.5, 0.6) is 0 Å². The number of aliphatic hydroxyl groups is 1. The van der Waals surface area contributed by atoms with Gasteiger partial charge >= 0.3 is 5.82 Å². The van der Waals surface area contributed by atoms with Crippen LogP contribution in [-0.4, -0.2) is 33.2 Å². The van der Waals surface area contributed by atoms with Crippen molar-refractivity contribution < 1.29 is 10.0 Å². The normalized spacial score (nSPS) is 30.5. The van der Waals surface area contributed by atoms with Gasteiger partial charge in [0, 0.05) is 18.2 Å². The second kappa shape index (κ2) is 4.20. The first-order valence-corrected chi connectivity index (χ1v) is 6.22. The van der Waals surface area contributed by atoms with Gasteiger partial charge in [-0.25, -0.2) is 0 Å². The summed E-state index contributed by atoms with van der Waals surface area (Å²) in [5.74, 6) is -0.122. The number of anilines is 1. The highest BCUT2D eigenvalue weighted by molar-refractivity contribution is 5.50. The zero-order valence-corrected chi connectivity index (χ0v) is 9.90. The molecule has 1 aromatic rings. The number of nitro groups is 1. The number of aliphatic hydroxyl groups excluding tert-OH is 1. The summed E-state index contributed by atoms with van der Waals surface area (Å²) >= 11 is 0. The highest BCUT2D eigenvalue weighted by Gasteiger charge is 2.40. The van der Waals surface area contributed by atoms with Gasteiger partial charge in [0.15, 0.2) is 6.20 Å². The van der Waals surface area contributed by atoms with Gasteiger partial charge in [-0.2, -0.15) is 0 Å². The molecule has 6 heteroatoms. The molecule has 2 atom stereocenters. The fourth-order valence-corrected chi connectivity index (χ4v) is 3.21. The molecule has 2 fully saturated rings. The molecule has 0 saturated carbocycles. The molecule has 2 bridgehead atoms. The predicted octanol–water partition coefficient (Wildman–Crippen LogP) is 1.48. The second-order valence-corrected chi connectivity index (χ2v) is 5.05. The van der Waals surface area contributed by atoms with Crippen LogP contribution in [0, 0.1) is 10.1 Å². The van der Waals surface area contributed by atoms with Crippen molar-refractivity contribution in [3.8, 4) is 0 Å². The smallest absolute Gasteiger partial charge is 0.363 e. The lowest BCUT2D eigenvalue weighted by Crippen LogP contribution is -2.44. The van der Waals surface area contributed by atoms with Crippen molar-refractivity contribution in [1.29, 1.82) is 0 Å². The van der Waals surface area contributed by atoms with E-state index in [1.807, 2.05) is 0 Å². The van der Waals surface area contributed by atoms with E-state index in [2.05, 4.69) is 9.88 Å². The average Bonchev–Trinajstić information content (AvgIpc) is 2.62. The summed E-state index contributed by atoms with van der Waals surface area (Å²) in [6, 6.07) is 3.90. The van der Waals surface area contributed by atoms with Gasteiger partial charge in [-0.1, -0.05) is 0 Å². The maximum atomic E-state index is 10.6. The Bertz CT molecular complexity index is 448. The lowest BCUT2D eigenvalue weighted by atomic mass is 9.99. The number of hydrogen-bond acceptors (Lipinski definition) is 5. The number of aromatic nitrogens is 1. The molecule has 2 aliphatic rings. The van der Waals surface area contributed by atoms with Crippen LogP contribution >= 0.6 is 0 Å². The predicted molar refractivity (Wildman–Crippen MR) is 65.4 cm³/mol. The molecular formula is C12H15N3O3. The maximum Gasteiger partial charge on any atom is 0.363 e. The maximum absolute atomic E-state index is 10.6. The van der Waals surface area contributed by atoms with Crippen molar-refractivity contribution in [2.45, 2.75) is 43.9 Å². The van der Waals surface area contributed by atoms with Crippen LogP contribution < -0.4 is 4.90 Å². The largest absolute Gasteiger partial charge is 0.393 e. The lowest BCUT2D eigenvalue weighted by molar-refractivity contribution is -0.389.